The third kappa shape index (κ3) is 3.93. The SMILES string of the molecule is CC(N)C(O)n1ccc(-c2ccc(Oc3ncc(Cl)cc3F)cn2)n1. The lowest BCUT2D eigenvalue weighted by Gasteiger charge is -2.14. The Labute approximate surface area is 147 Å². The first-order valence-electron chi connectivity index (χ1n) is 7.38. The van der Waals surface area contributed by atoms with E-state index in [0.29, 0.717) is 17.1 Å². The molecule has 0 spiro atoms. The zero-order valence-electron chi connectivity index (χ0n) is 13.2. The third-order valence-corrected chi connectivity index (χ3v) is 3.54. The van der Waals surface area contributed by atoms with E-state index in [2.05, 4.69) is 15.1 Å². The van der Waals surface area contributed by atoms with Gasteiger partial charge in [0.05, 0.1) is 16.9 Å². The van der Waals surface area contributed by atoms with Gasteiger partial charge in [0, 0.05) is 18.4 Å². The Morgan fingerprint density at radius 3 is 2.68 bits per heavy atom. The lowest BCUT2D eigenvalue weighted by atomic mass is 10.3. The van der Waals surface area contributed by atoms with Crippen molar-refractivity contribution in [1.29, 1.82) is 0 Å². The van der Waals surface area contributed by atoms with Crippen molar-refractivity contribution in [1.82, 2.24) is 19.7 Å². The zero-order chi connectivity index (χ0) is 18.0. The van der Waals surface area contributed by atoms with Crippen LogP contribution in [0.2, 0.25) is 5.02 Å². The second-order valence-electron chi connectivity index (χ2n) is 5.38. The number of pyridine rings is 2. The summed E-state index contributed by atoms with van der Waals surface area (Å²) in [6.45, 7) is 1.68. The van der Waals surface area contributed by atoms with Gasteiger partial charge in [0.2, 0.25) is 0 Å². The number of aromatic nitrogens is 4. The summed E-state index contributed by atoms with van der Waals surface area (Å²) in [5.41, 5.74) is 6.76. The number of nitrogens with two attached hydrogens (primary N) is 1. The molecule has 3 rings (SSSR count). The Morgan fingerprint density at radius 2 is 2.04 bits per heavy atom. The first kappa shape index (κ1) is 17.3. The largest absolute Gasteiger partial charge is 0.435 e. The number of nitrogens with zero attached hydrogens (tertiary/aromatic N) is 4. The van der Waals surface area contributed by atoms with Crippen LogP contribution in [0.25, 0.3) is 11.4 Å². The molecule has 0 radical (unpaired) electrons. The smallest absolute Gasteiger partial charge is 0.256 e. The van der Waals surface area contributed by atoms with Crippen molar-refractivity contribution in [2.75, 3.05) is 0 Å². The second-order valence-corrected chi connectivity index (χ2v) is 5.81. The number of halogens is 2. The molecule has 7 nitrogen and oxygen atoms in total. The zero-order valence-corrected chi connectivity index (χ0v) is 13.9. The fourth-order valence-electron chi connectivity index (χ4n) is 2.04. The summed E-state index contributed by atoms with van der Waals surface area (Å²) in [7, 11) is 0. The van der Waals surface area contributed by atoms with Crippen LogP contribution in [0.1, 0.15) is 13.2 Å². The van der Waals surface area contributed by atoms with Gasteiger partial charge in [-0.3, -0.25) is 4.98 Å². The van der Waals surface area contributed by atoms with E-state index in [1.807, 2.05) is 0 Å². The van der Waals surface area contributed by atoms with Gasteiger partial charge in [0.15, 0.2) is 12.0 Å². The normalized spacial score (nSPS) is 13.5. The van der Waals surface area contributed by atoms with Gasteiger partial charge in [0.25, 0.3) is 5.88 Å². The first-order chi connectivity index (χ1) is 11.9. The predicted octanol–water partition coefficient (Wildman–Crippen LogP) is 2.76. The molecular weight excluding hydrogens is 349 g/mol. The molecule has 0 amide bonds. The van der Waals surface area contributed by atoms with Crippen LogP contribution >= 0.6 is 11.6 Å². The standard InChI is InChI=1S/C16H15ClFN5O2/c1-9(19)16(24)23-5-4-14(22-23)13-3-2-11(8-20-13)25-15-12(18)6-10(17)7-21-15/h2-9,16,24H,19H2,1H3. The van der Waals surface area contributed by atoms with E-state index in [4.69, 9.17) is 22.1 Å². The number of hydrogen-bond acceptors (Lipinski definition) is 6. The summed E-state index contributed by atoms with van der Waals surface area (Å²) in [5, 5.41) is 14.3. The lowest BCUT2D eigenvalue weighted by Crippen LogP contribution is -2.29. The van der Waals surface area contributed by atoms with Crippen LogP contribution in [0.3, 0.4) is 0 Å². The molecule has 25 heavy (non-hydrogen) atoms. The van der Waals surface area contributed by atoms with Crippen molar-refractivity contribution in [3.8, 4) is 23.0 Å². The van der Waals surface area contributed by atoms with E-state index in [1.165, 1.54) is 17.1 Å². The summed E-state index contributed by atoms with van der Waals surface area (Å²) in [6.07, 6.45) is 3.41. The van der Waals surface area contributed by atoms with Crippen LogP contribution in [0.4, 0.5) is 4.39 Å². The van der Waals surface area contributed by atoms with Crippen molar-refractivity contribution < 1.29 is 14.2 Å². The van der Waals surface area contributed by atoms with E-state index < -0.39 is 18.1 Å². The van der Waals surface area contributed by atoms with Crippen LogP contribution in [-0.4, -0.2) is 30.9 Å². The second kappa shape index (κ2) is 7.14. The van der Waals surface area contributed by atoms with Crippen LogP contribution in [0.15, 0.2) is 42.9 Å². The van der Waals surface area contributed by atoms with Gasteiger partial charge in [-0.1, -0.05) is 11.6 Å². The minimum atomic E-state index is -0.921. The Hall–Kier alpha value is -2.55. The molecule has 0 bridgehead atoms. The summed E-state index contributed by atoms with van der Waals surface area (Å²) in [4.78, 5) is 8.00. The Balaban J connectivity index is 1.76. The number of ether oxygens (including phenoxy) is 1. The number of aliphatic hydroxyl groups excluding tert-OH is 1. The fourth-order valence-corrected chi connectivity index (χ4v) is 2.19. The Kier molecular flexibility index (Phi) is 4.93. The highest BCUT2D eigenvalue weighted by Gasteiger charge is 2.14. The van der Waals surface area contributed by atoms with E-state index in [1.54, 1.807) is 31.3 Å². The first-order valence-corrected chi connectivity index (χ1v) is 7.76. The summed E-state index contributed by atoms with van der Waals surface area (Å²) >= 11 is 5.65. The van der Waals surface area contributed by atoms with Gasteiger partial charge in [0.1, 0.15) is 11.4 Å². The molecule has 9 heteroatoms. The molecule has 130 valence electrons. The van der Waals surface area contributed by atoms with Gasteiger partial charge in [-0.15, -0.1) is 0 Å². The highest BCUT2D eigenvalue weighted by Crippen LogP contribution is 2.25. The summed E-state index contributed by atoms with van der Waals surface area (Å²) < 4.78 is 20.4. The van der Waals surface area contributed by atoms with E-state index >= 15 is 0 Å². The summed E-state index contributed by atoms with van der Waals surface area (Å²) in [6, 6.07) is 5.63. The van der Waals surface area contributed by atoms with Gasteiger partial charge in [-0.05, 0) is 31.2 Å². The van der Waals surface area contributed by atoms with E-state index in [0.717, 1.165) is 6.07 Å². The molecule has 0 saturated carbocycles. The average molecular weight is 364 g/mol. The van der Waals surface area contributed by atoms with E-state index in [9.17, 15) is 9.50 Å². The molecule has 3 aromatic rings. The molecule has 0 aliphatic heterocycles. The highest BCUT2D eigenvalue weighted by molar-refractivity contribution is 6.30. The number of hydrogen-bond donors (Lipinski definition) is 2. The minimum Gasteiger partial charge on any atom is -0.435 e. The Bertz CT molecular complexity index is 869. The molecule has 0 saturated heterocycles. The molecule has 0 aliphatic carbocycles. The van der Waals surface area contributed by atoms with Crippen molar-refractivity contribution >= 4 is 11.6 Å². The van der Waals surface area contributed by atoms with Gasteiger partial charge in [-0.2, -0.15) is 5.10 Å². The van der Waals surface area contributed by atoms with Crippen molar-refractivity contribution in [3.05, 3.63) is 53.7 Å². The molecule has 0 aliphatic rings. The van der Waals surface area contributed by atoms with Crippen molar-refractivity contribution in [2.24, 2.45) is 5.73 Å². The fraction of sp³-hybridized carbons (Fsp3) is 0.188. The molecule has 0 aromatic carbocycles. The lowest BCUT2D eigenvalue weighted by molar-refractivity contribution is 0.0695. The maximum absolute atomic E-state index is 13.7. The number of aliphatic hydroxyl groups is 1. The molecule has 3 aromatic heterocycles. The maximum atomic E-state index is 13.7. The van der Waals surface area contributed by atoms with Crippen molar-refractivity contribution in [2.45, 2.75) is 19.2 Å². The van der Waals surface area contributed by atoms with Crippen LogP contribution in [0, 0.1) is 5.82 Å². The molecule has 2 atom stereocenters. The molecular formula is C16H15ClFN5O2. The van der Waals surface area contributed by atoms with Crippen LogP contribution in [-0.2, 0) is 0 Å². The molecule has 3 heterocycles. The van der Waals surface area contributed by atoms with Crippen LogP contribution in [0.5, 0.6) is 11.6 Å². The monoisotopic (exact) mass is 363 g/mol. The highest BCUT2D eigenvalue weighted by atomic mass is 35.5. The van der Waals surface area contributed by atoms with Gasteiger partial charge < -0.3 is 15.6 Å². The molecule has 2 unspecified atom stereocenters. The minimum absolute atomic E-state index is 0.183. The van der Waals surface area contributed by atoms with Crippen molar-refractivity contribution in [3.63, 3.8) is 0 Å². The topological polar surface area (TPSA) is 99.1 Å². The summed E-state index contributed by atoms with van der Waals surface area (Å²) in [5.74, 6) is -0.545. The molecule has 0 fully saturated rings. The third-order valence-electron chi connectivity index (χ3n) is 3.34. The average Bonchev–Trinajstić information content (AvgIpc) is 3.07. The Morgan fingerprint density at radius 1 is 1.24 bits per heavy atom. The van der Waals surface area contributed by atoms with Gasteiger partial charge in [-0.25, -0.2) is 14.1 Å². The quantitative estimate of drug-likeness (QED) is 0.723. The van der Waals surface area contributed by atoms with E-state index in [-0.39, 0.29) is 10.9 Å². The number of rotatable bonds is 5. The molecule has 3 N–H and O–H groups in total. The van der Waals surface area contributed by atoms with Crippen LogP contribution < -0.4 is 10.5 Å². The predicted molar refractivity (Wildman–Crippen MR) is 89.6 cm³/mol. The van der Waals surface area contributed by atoms with Gasteiger partial charge >= 0.3 is 0 Å². The maximum Gasteiger partial charge on any atom is 0.256 e.